The van der Waals surface area contributed by atoms with Crippen LogP contribution in [0.15, 0.2) is 24.5 Å². The monoisotopic (exact) mass is 262 g/mol. The van der Waals surface area contributed by atoms with Gasteiger partial charge < -0.3 is 10.0 Å². The van der Waals surface area contributed by atoms with Gasteiger partial charge in [-0.15, -0.1) is 0 Å². The van der Waals surface area contributed by atoms with E-state index in [0.29, 0.717) is 19.4 Å². The maximum atomic E-state index is 12.0. The van der Waals surface area contributed by atoms with Crippen LogP contribution in [-0.4, -0.2) is 40.5 Å². The van der Waals surface area contributed by atoms with Gasteiger partial charge in [-0.1, -0.05) is 0 Å². The van der Waals surface area contributed by atoms with Crippen LogP contribution in [0.4, 0.5) is 0 Å². The van der Waals surface area contributed by atoms with Gasteiger partial charge in [0.1, 0.15) is 0 Å². The van der Waals surface area contributed by atoms with Crippen LogP contribution in [0.3, 0.4) is 0 Å². The maximum absolute atomic E-state index is 12.0. The lowest BCUT2D eigenvalue weighted by Crippen LogP contribution is -2.32. The van der Waals surface area contributed by atoms with E-state index in [1.807, 2.05) is 12.1 Å². The molecule has 1 saturated carbocycles. The quantitative estimate of drug-likeness (QED) is 0.839. The van der Waals surface area contributed by atoms with E-state index in [1.165, 1.54) is 0 Å². The molecule has 1 amide bonds. The van der Waals surface area contributed by atoms with Crippen LogP contribution in [0.2, 0.25) is 0 Å². The van der Waals surface area contributed by atoms with Gasteiger partial charge in [-0.2, -0.15) is 0 Å². The van der Waals surface area contributed by atoms with Crippen molar-refractivity contribution in [1.82, 2.24) is 9.88 Å². The summed E-state index contributed by atoms with van der Waals surface area (Å²) in [5.41, 5.74) is 0.344. The molecular formula is C14H18N2O3. The Morgan fingerprint density at radius 1 is 1.37 bits per heavy atom. The summed E-state index contributed by atoms with van der Waals surface area (Å²) in [6.45, 7) is 0.596. The predicted molar refractivity (Wildman–Crippen MR) is 69.5 cm³/mol. The second kappa shape index (κ2) is 5.38. The van der Waals surface area contributed by atoms with Gasteiger partial charge in [0, 0.05) is 32.4 Å². The number of rotatable bonds is 6. The first-order valence-corrected chi connectivity index (χ1v) is 6.40. The third-order valence-electron chi connectivity index (χ3n) is 3.71. The van der Waals surface area contributed by atoms with E-state index >= 15 is 0 Å². The summed E-state index contributed by atoms with van der Waals surface area (Å²) >= 11 is 0. The summed E-state index contributed by atoms with van der Waals surface area (Å²) in [6, 6.07) is 3.83. The van der Waals surface area contributed by atoms with Gasteiger partial charge in [-0.25, -0.2) is 0 Å². The first-order valence-electron chi connectivity index (χ1n) is 6.40. The van der Waals surface area contributed by atoms with Crippen LogP contribution in [0.5, 0.6) is 0 Å². The summed E-state index contributed by atoms with van der Waals surface area (Å²) in [7, 11) is 1.72. The first kappa shape index (κ1) is 13.5. The molecule has 1 fully saturated rings. The summed E-state index contributed by atoms with van der Waals surface area (Å²) < 4.78 is 0. The zero-order valence-corrected chi connectivity index (χ0v) is 11.0. The van der Waals surface area contributed by atoms with Crippen molar-refractivity contribution in [2.24, 2.45) is 5.41 Å². The Morgan fingerprint density at radius 3 is 2.53 bits per heavy atom. The van der Waals surface area contributed by atoms with Crippen molar-refractivity contribution in [3.63, 3.8) is 0 Å². The number of aliphatic carboxylic acids is 1. The molecule has 0 unspecified atom stereocenters. The summed E-state index contributed by atoms with van der Waals surface area (Å²) in [5, 5.41) is 9.06. The number of likely N-dealkylation sites (N-methyl/N-ethyl adjacent to an activating group) is 1. The van der Waals surface area contributed by atoms with Gasteiger partial charge in [0.2, 0.25) is 5.91 Å². The predicted octanol–water partition coefficient (Wildman–Crippen LogP) is 1.34. The van der Waals surface area contributed by atoms with Crippen molar-refractivity contribution in [2.45, 2.75) is 25.7 Å². The topological polar surface area (TPSA) is 70.5 Å². The summed E-state index contributed by atoms with van der Waals surface area (Å²) in [5.74, 6) is -0.933. The van der Waals surface area contributed by atoms with Crippen LogP contribution < -0.4 is 0 Å². The number of carboxylic acid groups (broad SMARTS) is 1. The number of amides is 1. The molecule has 2 rings (SSSR count). The van der Waals surface area contributed by atoms with Crippen LogP contribution >= 0.6 is 0 Å². The normalized spacial score (nSPS) is 15.8. The van der Waals surface area contributed by atoms with Gasteiger partial charge in [0.15, 0.2) is 0 Å². The molecule has 1 heterocycles. The van der Waals surface area contributed by atoms with Crippen molar-refractivity contribution < 1.29 is 14.7 Å². The number of aromatic nitrogens is 1. The van der Waals surface area contributed by atoms with E-state index in [4.69, 9.17) is 5.11 Å². The van der Waals surface area contributed by atoms with Gasteiger partial charge in [0.25, 0.3) is 0 Å². The molecule has 0 saturated heterocycles. The smallest absolute Gasteiger partial charge is 0.310 e. The standard InChI is InChI=1S/C14H18N2O3/c1-16(9-4-11-2-7-15-8-3-11)12(17)10-14(5-6-14)13(18)19/h2-3,7-8H,4-6,9-10H2,1H3,(H,18,19). The zero-order valence-electron chi connectivity index (χ0n) is 11.0. The Kier molecular flexibility index (Phi) is 3.83. The number of hydrogen-bond acceptors (Lipinski definition) is 3. The van der Waals surface area contributed by atoms with Crippen LogP contribution in [0.25, 0.3) is 0 Å². The lowest BCUT2D eigenvalue weighted by molar-refractivity contribution is -0.147. The van der Waals surface area contributed by atoms with Gasteiger partial charge in [0.05, 0.1) is 5.41 Å². The average molecular weight is 262 g/mol. The van der Waals surface area contributed by atoms with Crippen molar-refractivity contribution in [2.75, 3.05) is 13.6 Å². The average Bonchev–Trinajstić information content (AvgIpc) is 3.18. The number of carboxylic acids is 1. The summed E-state index contributed by atoms with van der Waals surface area (Å²) in [6.07, 6.45) is 5.56. The fourth-order valence-corrected chi connectivity index (χ4v) is 2.01. The highest BCUT2D eigenvalue weighted by Gasteiger charge is 2.51. The Hall–Kier alpha value is -1.91. The molecule has 0 aromatic carbocycles. The minimum Gasteiger partial charge on any atom is -0.481 e. The Bertz CT molecular complexity index is 469. The molecule has 5 heteroatoms. The number of hydrogen-bond donors (Lipinski definition) is 1. The van der Waals surface area contributed by atoms with Crippen LogP contribution in [0, 0.1) is 5.41 Å². The van der Waals surface area contributed by atoms with Crippen LogP contribution in [-0.2, 0) is 16.0 Å². The zero-order chi connectivity index (χ0) is 13.9. The molecule has 1 aliphatic carbocycles. The number of pyridine rings is 1. The maximum Gasteiger partial charge on any atom is 0.310 e. The van der Waals surface area contributed by atoms with Gasteiger partial charge in [-0.05, 0) is 37.0 Å². The second-order valence-electron chi connectivity index (χ2n) is 5.18. The highest BCUT2D eigenvalue weighted by atomic mass is 16.4. The van der Waals surface area contributed by atoms with E-state index < -0.39 is 11.4 Å². The highest BCUT2D eigenvalue weighted by molar-refractivity contribution is 5.86. The number of carbonyl (C=O) groups is 2. The largest absolute Gasteiger partial charge is 0.481 e. The lowest BCUT2D eigenvalue weighted by atomic mass is 10.0. The molecule has 0 aliphatic heterocycles. The molecule has 5 nitrogen and oxygen atoms in total. The SMILES string of the molecule is CN(CCc1ccncc1)C(=O)CC1(C(=O)O)CC1. The highest BCUT2D eigenvalue weighted by Crippen LogP contribution is 2.49. The van der Waals surface area contributed by atoms with Gasteiger partial charge in [-0.3, -0.25) is 14.6 Å². The van der Waals surface area contributed by atoms with E-state index in [0.717, 1.165) is 12.0 Å². The molecule has 0 atom stereocenters. The Labute approximate surface area is 112 Å². The molecule has 1 aromatic heterocycles. The molecule has 102 valence electrons. The summed E-state index contributed by atoms with van der Waals surface area (Å²) in [4.78, 5) is 28.6. The number of nitrogens with zero attached hydrogens (tertiary/aromatic N) is 2. The van der Waals surface area contributed by atoms with E-state index in [-0.39, 0.29) is 12.3 Å². The van der Waals surface area contributed by atoms with Crippen molar-refractivity contribution in [3.05, 3.63) is 30.1 Å². The molecule has 19 heavy (non-hydrogen) atoms. The minimum absolute atomic E-state index is 0.0889. The van der Waals surface area contributed by atoms with E-state index in [9.17, 15) is 9.59 Å². The number of carbonyl (C=O) groups excluding carboxylic acids is 1. The third-order valence-corrected chi connectivity index (χ3v) is 3.71. The Morgan fingerprint density at radius 2 is 2.00 bits per heavy atom. The second-order valence-corrected chi connectivity index (χ2v) is 5.18. The molecule has 0 bridgehead atoms. The van der Waals surface area contributed by atoms with Crippen LogP contribution in [0.1, 0.15) is 24.8 Å². The molecule has 1 N–H and O–H groups in total. The van der Waals surface area contributed by atoms with Crippen molar-refractivity contribution in [3.8, 4) is 0 Å². The third kappa shape index (κ3) is 3.30. The van der Waals surface area contributed by atoms with Gasteiger partial charge >= 0.3 is 5.97 Å². The molecule has 1 aliphatic rings. The molecular weight excluding hydrogens is 244 g/mol. The fraction of sp³-hybridized carbons (Fsp3) is 0.500. The van der Waals surface area contributed by atoms with E-state index in [1.54, 1.807) is 24.3 Å². The Balaban J connectivity index is 1.82. The fourth-order valence-electron chi connectivity index (χ4n) is 2.01. The molecule has 0 radical (unpaired) electrons. The lowest BCUT2D eigenvalue weighted by Gasteiger charge is -2.19. The first-order chi connectivity index (χ1) is 9.03. The van der Waals surface area contributed by atoms with Crippen molar-refractivity contribution >= 4 is 11.9 Å². The van der Waals surface area contributed by atoms with Crippen molar-refractivity contribution in [1.29, 1.82) is 0 Å². The molecule has 0 spiro atoms. The van der Waals surface area contributed by atoms with E-state index in [2.05, 4.69) is 4.98 Å². The minimum atomic E-state index is -0.844. The molecule has 1 aromatic rings.